The lowest BCUT2D eigenvalue weighted by atomic mass is 9.76. The van der Waals surface area contributed by atoms with Gasteiger partial charge in [-0.3, -0.25) is 19.2 Å². The van der Waals surface area contributed by atoms with Gasteiger partial charge in [-0.1, -0.05) is 12.1 Å². The number of ketones is 2. The third kappa shape index (κ3) is 5.83. The normalized spacial score (nSPS) is 11.4. The zero-order valence-corrected chi connectivity index (χ0v) is 19.4. The lowest BCUT2D eigenvalue weighted by molar-refractivity contribution is -0.168. The molecule has 0 N–H and O–H groups in total. The van der Waals surface area contributed by atoms with E-state index in [-0.39, 0.29) is 16.0 Å². The summed E-state index contributed by atoms with van der Waals surface area (Å²) in [6, 6.07) is 11.0. The van der Waals surface area contributed by atoms with Crippen molar-refractivity contribution >= 4 is 33.3 Å². The van der Waals surface area contributed by atoms with Crippen molar-refractivity contribution in [2.75, 3.05) is 27.6 Å². The molecular weight excluding hydrogens is 452 g/mol. The summed E-state index contributed by atoms with van der Waals surface area (Å²) in [5.74, 6) is -2.96. The van der Waals surface area contributed by atoms with Gasteiger partial charge in [0.2, 0.25) is 0 Å². The highest BCUT2D eigenvalue weighted by molar-refractivity contribution is 7.90. The molecule has 33 heavy (non-hydrogen) atoms. The molecule has 0 saturated heterocycles. The molecule has 0 aromatic heterocycles. The van der Waals surface area contributed by atoms with Crippen LogP contribution in [0.25, 0.3) is 0 Å². The van der Waals surface area contributed by atoms with E-state index in [4.69, 9.17) is 14.2 Å². The fourth-order valence-corrected chi connectivity index (χ4v) is 3.87. The van der Waals surface area contributed by atoms with E-state index in [2.05, 4.69) is 0 Å². The topological polar surface area (TPSA) is 130 Å². The van der Waals surface area contributed by atoms with Gasteiger partial charge in [-0.2, -0.15) is 0 Å². The SMILES string of the molecule is COC(=O)C(CC(=O)c1ccc(OC)cc1)(CC(=O)c1ccc(S(C)(=O)=O)cc1)C(=O)OC. The van der Waals surface area contributed by atoms with Crippen LogP contribution in [0.4, 0.5) is 0 Å². The first-order valence-electron chi connectivity index (χ1n) is 9.66. The van der Waals surface area contributed by atoms with Crippen LogP contribution in [0.15, 0.2) is 53.4 Å². The number of methoxy groups -OCH3 is 3. The Hall–Kier alpha value is -3.53. The van der Waals surface area contributed by atoms with Gasteiger partial charge in [0, 0.05) is 30.2 Å². The van der Waals surface area contributed by atoms with Crippen LogP contribution in [0.2, 0.25) is 0 Å². The molecule has 2 aromatic carbocycles. The van der Waals surface area contributed by atoms with Gasteiger partial charge in [-0.25, -0.2) is 8.42 Å². The molecule has 9 nitrogen and oxygen atoms in total. The first kappa shape index (κ1) is 25.7. The second kappa shape index (κ2) is 10.4. The summed E-state index contributed by atoms with van der Waals surface area (Å²) in [6.07, 6.45) is -0.369. The van der Waals surface area contributed by atoms with Crippen molar-refractivity contribution in [3.63, 3.8) is 0 Å². The maximum atomic E-state index is 13.0. The second-order valence-electron chi connectivity index (χ2n) is 7.29. The molecule has 2 rings (SSSR count). The third-order valence-corrected chi connectivity index (χ3v) is 6.22. The Morgan fingerprint density at radius 3 is 1.45 bits per heavy atom. The minimum atomic E-state index is -3.48. The number of benzene rings is 2. The van der Waals surface area contributed by atoms with Crippen molar-refractivity contribution in [2.24, 2.45) is 5.41 Å². The quantitative estimate of drug-likeness (QED) is 0.288. The van der Waals surface area contributed by atoms with E-state index >= 15 is 0 Å². The fraction of sp³-hybridized carbons (Fsp3) is 0.304. The molecule has 0 aliphatic heterocycles. The van der Waals surface area contributed by atoms with Gasteiger partial charge in [-0.15, -0.1) is 0 Å². The van der Waals surface area contributed by atoms with Gasteiger partial charge in [-0.05, 0) is 36.4 Å². The summed E-state index contributed by atoms with van der Waals surface area (Å²) >= 11 is 0. The smallest absolute Gasteiger partial charge is 0.324 e. The van der Waals surface area contributed by atoms with Gasteiger partial charge < -0.3 is 14.2 Å². The summed E-state index contributed by atoms with van der Waals surface area (Å²) in [7, 11) is 0.0448. The van der Waals surface area contributed by atoms with Gasteiger partial charge in [0.1, 0.15) is 5.75 Å². The van der Waals surface area contributed by atoms with E-state index in [1.54, 1.807) is 12.1 Å². The molecule has 0 aliphatic carbocycles. The minimum Gasteiger partial charge on any atom is -0.497 e. The Morgan fingerprint density at radius 1 is 0.727 bits per heavy atom. The Balaban J connectivity index is 2.43. The van der Waals surface area contributed by atoms with E-state index in [1.807, 2.05) is 0 Å². The van der Waals surface area contributed by atoms with E-state index in [0.29, 0.717) is 5.75 Å². The number of hydrogen-bond acceptors (Lipinski definition) is 9. The molecule has 0 unspecified atom stereocenters. The Bertz CT molecular complexity index is 1130. The van der Waals surface area contributed by atoms with Crippen molar-refractivity contribution in [3.05, 3.63) is 59.7 Å². The highest BCUT2D eigenvalue weighted by atomic mass is 32.2. The highest BCUT2D eigenvalue weighted by Gasteiger charge is 2.51. The molecule has 0 aliphatic rings. The van der Waals surface area contributed by atoms with Gasteiger partial charge in [0.15, 0.2) is 26.8 Å². The number of esters is 2. The van der Waals surface area contributed by atoms with E-state index in [1.165, 1.54) is 43.5 Å². The maximum Gasteiger partial charge on any atom is 0.324 e. The van der Waals surface area contributed by atoms with Crippen LogP contribution in [0.5, 0.6) is 5.75 Å². The molecule has 0 amide bonds. The van der Waals surface area contributed by atoms with Crippen LogP contribution in [0.1, 0.15) is 33.6 Å². The van der Waals surface area contributed by atoms with Crippen LogP contribution in [-0.4, -0.2) is 59.5 Å². The summed E-state index contributed by atoms with van der Waals surface area (Å²) in [5.41, 5.74) is -1.98. The summed E-state index contributed by atoms with van der Waals surface area (Å²) in [4.78, 5) is 51.4. The number of carbonyl (C=O) groups excluding carboxylic acids is 4. The molecule has 10 heteroatoms. The van der Waals surface area contributed by atoms with Crippen LogP contribution in [0, 0.1) is 5.41 Å². The van der Waals surface area contributed by atoms with Crippen molar-refractivity contribution in [1.82, 2.24) is 0 Å². The molecule has 0 heterocycles. The zero-order chi connectivity index (χ0) is 24.8. The summed E-state index contributed by atoms with van der Waals surface area (Å²) < 4.78 is 37.9. The summed E-state index contributed by atoms with van der Waals surface area (Å²) in [6.45, 7) is 0. The van der Waals surface area contributed by atoms with E-state index in [0.717, 1.165) is 20.5 Å². The number of hydrogen-bond donors (Lipinski definition) is 0. The molecule has 0 radical (unpaired) electrons. The number of ether oxygens (including phenoxy) is 3. The van der Waals surface area contributed by atoms with Crippen molar-refractivity contribution in [3.8, 4) is 5.75 Å². The molecule has 0 fully saturated rings. The average molecular weight is 477 g/mol. The lowest BCUT2D eigenvalue weighted by Gasteiger charge is -2.27. The number of carbonyl (C=O) groups is 4. The molecule has 176 valence electrons. The molecule has 0 bridgehead atoms. The summed E-state index contributed by atoms with van der Waals surface area (Å²) in [5, 5.41) is 0. The largest absolute Gasteiger partial charge is 0.497 e. The van der Waals surface area contributed by atoms with Crippen molar-refractivity contribution in [2.45, 2.75) is 17.7 Å². The van der Waals surface area contributed by atoms with Crippen LogP contribution in [0.3, 0.4) is 0 Å². The molecule has 0 saturated carbocycles. The van der Waals surface area contributed by atoms with Crippen molar-refractivity contribution in [1.29, 1.82) is 0 Å². The van der Waals surface area contributed by atoms with Crippen LogP contribution < -0.4 is 4.74 Å². The molecule has 0 spiro atoms. The van der Waals surface area contributed by atoms with Crippen LogP contribution in [-0.2, 0) is 28.9 Å². The molecular formula is C23H24O9S. The standard InChI is InChI=1S/C23H24O9S/c1-30-17-9-5-15(6-10-17)19(24)13-23(21(26)31-2,22(27)32-3)14-20(25)16-7-11-18(12-8-16)33(4,28)29/h5-12H,13-14H2,1-4H3. The molecule has 0 atom stereocenters. The Labute approximate surface area is 191 Å². The zero-order valence-electron chi connectivity index (χ0n) is 18.6. The number of Topliss-reactive ketones (excluding diaryl/α,β-unsaturated/α-hetero) is 2. The Morgan fingerprint density at radius 2 is 1.12 bits per heavy atom. The maximum absolute atomic E-state index is 13.0. The van der Waals surface area contributed by atoms with Gasteiger partial charge in [0.25, 0.3) is 0 Å². The first-order valence-corrected chi connectivity index (χ1v) is 11.5. The highest BCUT2D eigenvalue weighted by Crippen LogP contribution is 2.34. The number of sulfone groups is 1. The number of rotatable bonds is 10. The second-order valence-corrected chi connectivity index (χ2v) is 9.31. The molecule has 2 aromatic rings. The van der Waals surface area contributed by atoms with Crippen molar-refractivity contribution < 1.29 is 41.8 Å². The fourth-order valence-electron chi connectivity index (χ4n) is 3.24. The lowest BCUT2D eigenvalue weighted by Crippen LogP contribution is -2.44. The minimum absolute atomic E-state index is 0.000864. The third-order valence-electron chi connectivity index (χ3n) is 5.09. The monoisotopic (exact) mass is 476 g/mol. The predicted octanol–water partition coefficient (Wildman–Crippen LogP) is 2.28. The van der Waals surface area contributed by atoms with E-state index < -0.39 is 51.6 Å². The van der Waals surface area contributed by atoms with Gasteiger partial charge in [0.05, 0.1) is 26.2 Å². The average Bonchev–Trinajstić information content (AvgIpc) is 2.81. The predicted molar refractivity (Wildman–Crippen MR) is 117 cm³/mol. The first-order chi connectivity index (χ1) is 15.5. The Kier molecular flexibility index (Phi) is 8.10. The van der Waals surface area contributed by atoms with E-state index in [9.17, 15) is 27.6 Å². The van der Waals surface area contributed by atoms with Gasteiger partial charge >= 0.3 is 11.9 Å². The van der Waals surface area contributed by atoms with Crippen LogP contribution >= 0.6 is 0 Å².